The fourth-order valence-electron chi connectivity index (χ4n) is 2.44. The number of nitrogens with one attached hydrogen (secondary N) is 1. The third-order valence-corrected chi connectivity index (χ3v) is 3.78. The first-order valence-electron chi connectivity index (χ1n) is 6.80. The van der Waals surface area contributed by atoms with Crippen LogP contribution in [0.15, 0.2) is 24.3 Å². The maximum absolute atomic E-state index is 12.1. The Hall–Kier alpha value is -1.35. The molecule has 1 aliphatic carbocycles. The SMILES string of the molecule is CCC(N)CNC(=O)C1CCc2ccccc2C1. The van der Waals surface area contributed by atoms with Crippen molar-refractivity contribution in [2.75, 3.05) is 6.54 Å². The lowest BCUT2D eigenvalue weighted by Gasteiger charge is -2.24. The predicted octanol–water partition coefficient (Wildman–Crippen LogP) is 1.64. The zero-order valence-corrected chi connectivity index (χ0v) is 11.0. The summed E-state index contributed by atoms with van der Waals surface area (Å²) in [5.41, 5.74) is 8.53. The van der Waals surface area contributed by atoms with Crippen LogP contribution in [0, 0.1) is 5.92 Å². The van der Waals surface area contributed by atoms with E-state index in [-0.39, 0.29) is 17.9 Å². The molecule has 3 N–H and O–H groups in total. The molecule has 3 nitrogen and oxygen atoms in total. The molecular weight excluding hydrogens is 224 g/mol. The number of rotatable bonds is 4. The van der Waals surface area contributed by atoms with E-state index in [1.54, 1.807) is 0 Å². The van der Waals surface area contributed by atoms with Gasteiger partial charge in [-0.25, -0.2) is 0 Å². The third-order valence-electron chi connectivity index (χ3n) is 3.78. The molecule has 98 valence electrons. The first-order chi connectivity index (χ1) is 8.70. The first kappa shape index (κ1) is 13.1. The van der Waals surface area contributed by atoms with Crippen molar-refractivity contribution in [3.05, 3.63) is 35.4 Å². The van der Waals surface area contributed by atoms with Crippen molar-refractivity contribution in [3.8, 4) is 0 Å². The number of carbonyl (C=O) groups excluding carboxylic acids is 1. The monoisotopic (exact) mass is 246 g/mol. The van der Waals surface area contributed by atoms with Gasteiger partial charge in [0.1, 0.15) is 0 Å². The number of hydrogen-bond acceptors (Lipinski definition) is 2. The molecule has 1 aromatic carbocycles. The summed E-state index contributed by atoms with van der Waals surface area (Å²) in [6.07, 6.45) is 3.72. The highest BCUT2D eigenvalue weighted by molar-refractivity contribution is 5.79. The van der Waals surface area contributed by atoms with Crippen LogP contribution >= 0.6 is 0 Å². The largest absolute Gasteiger partial charge is 0.354 e. The second-order valence-electron chi connectivity index (χ2n) is 5.12. The first-order valence-corrected chi connectivity index (χ1v) is 6.80. The summed E-state index contributed by atoms with van der Waals surface area (Å²) < 4.78 is 0. The van der Waals surface area contributed by atoms with E-state index >= 15 is 0 Å². The van der Waals surface area contributed by atoms with Gasteiger partial charge in [0.15, 0.2) is 0 Å². The standard InChI is InChI=1S/C15H22N2O/c1-2-14(16)10-17-15(18)13-8-7-11-5-3-4-6-12(11)9-13/h3-6,13-14H,2,7-10,16H2,1H3,(H,17,18). The molecule has 1 aromatic rings. The molecule has 0 spiro atoms. The van der Waals surface area contributed by atoms with Gasteiger partial charge in [-0.05, 0) is 36.8 Å². The summed E-state index contributed by atoms with van der Waals surface area (Å²) >= 11 is 0. The van der Waals surface area contributed by atoms with E-state index in [4.69, 9.17) is 5.73 Å². The lowest BCUT2D eigenvalue weighted by Crippen LogP contribution is -2.41. The fraction of sp³-hybridized carbons (Fsp3) is 0.533. The minimum Gasteiger partial charge on any atom is -0.354 e. The van der Waals surface area contributed by atoms with Crippen molar-refractivity contribution in [1.82, 2.24) is 5.32 Å². The Morgan fingerprint density at radius 1 is 1.44 bits per heavy atom. The molecule has 3 heteroatoms. The molecule has 2 atom stereocenters. The van der Waals surface area contributed by atoms with Gasteiger partial charge in [0, 0.05) is 18.5 Å². The van der Waals surface area contributed by atoms with E-state index in [0.717, 1.165) is 25.7 Å². The fourth-order valence-corrected chi connectivity index (χ4v) is 2.44. The Bertz CT molecular complexity index is 417. The predicted molar refractivity (Wildman–Crippen MR) is 73.2 cm³/mol. The van der Waals surface area contributed by atoms with Gasteiger partial charge in [-0.1, -0.05) is 31.2 Å². The smallest absolute Gasteiger partial charge is 0.223 e. The van der Waals surface area contributed by atoms with Crippen LogP contribution in [-0.2, 0) is 17.6 Å². The second-order valence-corrected chi connectivity index (χ2v) is 5.12. The number of fused-ring (bicyclic) bond motifs is 1. The van der Waals surface area contributed by atoms with E-state index in [0.29, 0.717) is 6.54 Å². The van der Waals surface area contributed by atoms with Crippen LogP contribution < -0.4 is 11.1 Å². The molecule has 0 aliphatic heterocycles. The zero-order chi connectivity index (χ0) is 13.0. The Labute approximate surface area is 109 Å². The molecule has 0 saturated carbocycles. The van der Waals surface area contributed by atoms with Crippen molar-refractivity contribution in [2.24, 2.45) is 11.7 Å². The van der Waals surface area contributed by atoms with Crippen LogP contribution in [0.3, 0.4) is 0 Å². The van der Waals surface area contributed by atoms with Crippen molar-refractivity contribution >= 4 is 5.91 Å². The summed E-state index contributed by atoms with van der Waals surface area (Å²) in [5, 5.41) is 2.97. The molecule has 0 saturated heterocycles. The minimum absolute atomic E-state index is 0.0739. The molecule has 1 aliphatic rings. The summed E-state index contributed by atoms with van der Waals surface area (Å²) in [6, 6.07) is 8.49. The van der Waals surface area contributed by atoms with Gasteiger partial charge in [0.2, 0.25) is 5.91 Å². The number of hydrogen-bond donors (Lipinski definition) is 2. The Balaban J connectivity index is 1.90. The Kier molecular flexibility index (Phi) is 4.37. The minimum atomic E-state index is 0.0739. The highest BCUT2D eigenvalue weighted by Crippen LogP contribution is 2.25. The van der Waals surface area contributed by atoms with Crippen molar-refractivity contribution in [3.63, 3.8) is 0 Å². The lowest BCUT2D eigenvalue weighted by atomic mass is 9.83. The molecule has 0 aromatic heterocycles. The van der Waals surface area contributed by atoms with Gasteiger partial charge in [0.25, 0.3) is 0 Å². The van der Waals surface area contributed by atoms with Crippen LogP contribution in [0.2, 0.25) is 0 Å². The number of amides is 1. The number of benzene rings is 1. The number of nitrogens with two attached hydrogens (primary N) is 1. The molecule has 1 amide bonds. The van der Waals surface area contributed by atoms with Gasteiger partial charge in [0.05, 0.1) is 0 Å². The summed E-state index contributed by atoms with van der Waals surface area (Å²) in [7, 11) is 0. The van der Waals surface area contributed by atoms with E-state index in [1.165, 1.54) is 11.1 Å². The topological polar surface area (TPSA) is 55.1 Å². The quantitative estimate of drug-likeness (QED) is 0.848. The Morgan fingerprint density at radius 2 is 2.17 bits per heavy atom. The number of carbonyl (C=O) groups is 1. The second kappa shape index (κ2) is 6.01. The maximum Gasteiger partial charge on any atom is 0.223 e. The Morgan fingerprint density at radius 3 is 2.89 bits per heavy atom. The number of aryl methyl sites for hydroxylation is 1. The van der Waals surface area contributed by atoms with Crippen LogP contribution in [0.25, 0.3) is 0 Å². The van der Waals surface area contributed by atoms with Crippen LogP contribution in [0.5, 0.6) is 0 Å². The van der Waals surface area contributed by atoms with Crippen LogP contribution in [0.1, 0.15) is 30.9 Å². The molecule has 0 radical (unpaired) electrons. The third kappa shape index (κ3) is 3.10. The van der Waals surface area contributed by atoms with Gasteiger partial charge in [-0.3, -0.25) is 4.79 Å². The summed E-state index contributed by atoms with van der Waals surface area (Å²) in [4.78, 5) is 12.1. The van der Waals surface area contributed by atoms with E-state index in [2.05, 4.69) is 23.5 Å². The average molecular weight is 246 g/mol. The molecule has 2 unspecified atom stereocenters. The molecular formula is C15H22N2O. The summed E-state index contributed by atoms with van der Waals surface area (Å²) in [6.45, 7) is 2.63. The molecule has 2 rings (SSSR count). The van der Waals surface area contributed by atoms with Gasteiger partial charge < -0.3 is 11.1 Å². The van der Waals surface area contributed by atoms with E-state index in [9.17, 15) is 4.79 Å². The van der Waals surface area contributed by atoms with Crippen LogP contribution in [-0.4, -0.2) is 18.5 Å². The van der Waals surface area contributed by atoms with Gasteiger partial charge in [-0.2, -0.15) is 0 Å². The summed E-state index contributed by atoms with van der Waals surface area (Å²) in [5.74, 6) is 0.275. The maximum atomic E-state index is 12.1. The van der Waals surface area contributed by atoms with Gasteiger partial charge in [-0.15, -0.1) is 0 Å². The van der Waals surface area contributed by atoms with E-state index < -0.39 is 0 Å². The highest BCUT2D eigenvalue weighted by Gasteiger charge is 2.24. The molecule has 0 heterocycles. The lowest BCUT2D eigenvalue weighted by molar-refractivity contribution is -0.125. The molecule has 18 heavy (non-hydrogen) atoms. The average Bonchev–Trinajstić information content (AvgIpc) is 2.43. The van der Waals surface area contributed by atoms with Gasteiger partial charge >= 0.3 is 0 Å². The highest BCUT2D eigenvalue weighted by atomic mass is 16.1. The van der Waals surface area contributed by atoms with Crippen molar-refractivity contribution in [1.29, 1.82) is 0 Å². The van der Waals surface area contributed by atoms with Crippen molar-refractivity contribution in [2.45, 2.75) is 38.6 Å². The van der Waals surface area contributed by atoms with E-state index in [1.807, 2.05) is 13.0 Å². The molecule has 0 bridgehead atoms. The zero-order valence-electron chi connectivity index (χ0n) is 11.0. The van der Waals surface area contributed by atoms with Crippen LogP contribution in [0.4, 0.5) is 0 Å². The molecule has 0 fully saturated rings. The van der Waals surface area contributed by atoms with Crippen molar-refractivity contribution < 1.29 is 4.79 Å². The normalized spacial score (nSPS) is 20.0.